The van der Waals surface area contributed by atoms with Crippen molar-refractivity contribution < 1.29 is 4.39 Å². The van der Waals surface area contributed by atoms with E-state index >= 15 is 0 Å². The molecule has 0 atom stereocenters. The fraction of sp³-hybridized carbons (Fsp3) is 0.231. The summed E-state index contributed by atoms with van der Waals surface area (Å²) in [5.74, 6) is -0.141. The average Bonchev–Trinajstić information content (AvgIpc) is 2.98. The lowest BCUT2D eigenvalue weighted by molar-refractivity contribution is 0.568. The number of nitrogens with zero attached hydrogens (tertiary/aromatic N) is 6. The lowest BCUT2D eigenvalue weighted by Crippen LogP contribution is -2.34. The van der Waals surface area contributed by atoms with Crippen LogP contribution in [-0.4, -0.2) is 31.0 Å². The van der Waals surface area contributed by atoms with Crippen LogP contribution in [0.25, 0.3) is 10.9 Å². The highest BCUT2D eigenvalue weighted by Gasteiger charge is 2.22. The third-order valence-electron chi connectivity index (χ3n) is 3.66. The minimum atomic E-state index is -0.688. The third kappa shape index (κ3) is 2.08. The predicted octanol–water partition coefficient (Wildman–Crippen LogP) is 2.69. The van der Waals surface area contributed by atoms with Crippen LogP contribution in [0.1, 0.15) is 5.69 Å². The lowest BCUT2D eigenvalue weighted by atomic mass is 10.2. The maximum atomic E-state index is 14.1. The van der Waals surface area contributed by atoms with E-state index in [2.05, 4.69) is 24.5 Å². The Hall–Kier alpha value is -1.99. The highest BCUT2D eigenvalue weighted by Crippen LogP contribution is 2.30. The molecular formula is C13H9Cl2FN6. The van der Waals surface area contributed by atoms with Crippen molar-refractivity contribution >= 4 is 39.9 Å². The van der Waals surface area contributed by atoms with E-state index in [1.807, 2.05) is 4.90 Å². The first kappa shape index (κ1) is 13.7. The number of rotatable bonds is 1. The van der Waals surface area contributed by atoms with E-state index in [0.29, 0.717) is 24.3 Å². The molecule has 6 nitrogen and oxygen atoms in total. The van der Waals surface area contributed by atoms with Crippen molar-refractivity contribution in [2.45, 2.75) is 13.1 Å². The molecule has 0 fully saturated rings. The van der Waals surface area contributed by atoms with Gasteiger partial charge in [0, 0.05) is 25.5 Å². The van der Waals surface area contributed by atoms with Gasteiger partial charge in [-0.1, -0.05) is 11.6 Å². The Morgan fingerprint density at radius 3 is 2.86 bits per heavy atom. The zero-order valence-corrected chi connectivity index (χ0v) is 12.7. The number of imidazole rings is 1. The molecule has 3 aromatic rings. The molecule has 0 saturated heterocycles. The van der Waals surface area contributed by atoms with E-state index in [1.165, 1.54) is 6.20 Å². The van der Waals surface area contributed by atoms with Crippen molar-refractivity contribution in [1.29, 1.82) is 0 Å². The molecule has 0 amide bonds. The van der Waals surface area contributed by atoms with E-state index < -0.39 is 5.82 Å². The first-order valence-corrected chi connectivity index (χ1v) is 7.30. The van der Waals surface area contributed by atoms with Crippen molar-refractivity contribution in [1.82, 2.24) is 24.5 Å². The monoisotopic (exact) mass is 338 g/mol. The van der Waals surface area contributed by atoms with Crippen LogP contribution in [0, 0.1) is 5.82 Å². The van der Waals surface area contributed by atoms with Gasteiger partial charge in [0.25, 0.3) is 0 Å². The minimum absolute atomic E-state index is 0.0252. The van der Waals surface area contributed by atoms with E-state index in [1.54, 1.807) is 12.5 Å². The SMILES string of the molecule is Fc1c(Cl)ncc2c(N3CCn4cncc4C3)nc(Cl)nc12. The van der Waals surface area contributed by atoms with Gasteiger partial charge in [-0.05, 0) is 11.6 Å². The van der Waals surface area contributed by atoms with E-state index in [4.69, 9.17) is 23.2 Å². The number of hydrogen-bond donors (Lipinski definition) is 0. The van der Waals surface area contributed by atoms with Crippen molar-refractivity contribution in [2.75, 3.05) is 11.4 Å². The zero-order chi connectivity index (χ0) is 15.3. The normalized spacial score (nSPS) is 14.4. The fourth-order valence-electron chi connectivity index (χ4n) is 2.60. The maximum absolute atomic E-state index is 14.1. The van der Waals surface area contributed by atoms with Gasteiger partial charge < -0.3 is 9.47 Å². The molecular weight excluding hydrogens is 330 g/mol. The average molecular weight is 339 g/mol. The van der Waals surface area contributed by atoms with Crippen LogP contribution in [0.4, 0.5) is 10.2 Å². The molecule has 0 bridgehead atoms. The molecule has 0 unspecified atom stereocenters. The molecule has 9 heteroatoms. The smallest absolute Gasteiger partial charge is 0.225 e. The van der Waals surface area contributed by atoms with Gasteiger partial charge in [-0.25, -0.2) is 19.3 Å². The standard InChI is InChI=1S/C13H9Cl2FN6/c14-11-9(16)10-8(4-18-11)12(20-13(15)19-10)21-1-2-22-6-17-3-7(22)5-21/h3-4,6H,1-2,5H2. The van der Waals surface area contributed by atoms with Crippen LogP contribution in [-0.2, 0) is 13.1 Å². The summed E-state index contributed by atoms with van der Waals surface area (Å²) in [6.45, 7) is 2.07. The second kappa shape index (κ2) is 5.03. The number of fused-ring (bicyclic) bond motifs is 2. The summed E-state index contributed by atoms with van der Waals surface area (Å²) in [4.78, 5) is 18.2. The molecule has 0 aliphatic carbocycles. The molecule has 4 heterocycles. The molecule has 0 N–H and O–H groups in total. The predicted molar refractivity (Wildman–Crippen MR) is 80.6 cm³/mol. The summed E-state index contributed by atoms with van der Waals surface area (Å²) >= 11 is 11.7. The van der Waals surface area contributed by atoms with Gasteiger partial charge in [0.05, 0.1) is 24.0 Å². The van der Waals surface area contributed by atoms with Gasteiger partial charge in [0.2, 0.25) is 5.28 Å². The van der Waals surface area contributed by atoms with Crippen LogP contribution in [0.5, 0.6) is 0 Å². The number of halogens is 3. The van der Waals surface area contributed by atoms with Crippen LogP contribution < -0.4 is 4.90 Å². The molecule has 0 saturated carbocycles. The second-order valence-corrected chi connectivity index (χ2v) is 5.64. The van der Waals surface area contributed by atoms with Gasteiger partial charge >= 0.3 is 0 Å². The first-order chi connectivity index (χ1) is 10.6. The molecule has 0 spiro atoms. The molecule has 22 heavy (non-hydrogen) atoms. The van der Waals surface area contributed by atoms with Crippen LogP contribution in [0.3, 0.4) is 0 Å². The van der Waals surface area contributed by atoms with Gasteiger partial charge in [-0.2, -0.15) is 4.98 Å². The Kier molecular flexibility index (Phi) is 3.12. The highest BCUT2D eigenvalue weighted by atomic mass is 35.5. The van der Waals surface area contributed by atoms with Gasteiger partial charge in [0.15, 0.2) is 11.0 Å². The fourth-order valence-corrected chi connectivity index (χ4v) is 2.90. The number of hydrogen-bond acceptors (Lipinski definition) is 5. The summed E-state index contributed by atoms with van der Waals surface area (Å²) < 4.78 is 16.2. The van der Waals surface area contributed by atoms with Gasteiger partial charge in [-0.3, -0.25) is 0 Å². The van der Waals surface area contributed by atoms with Crippen molar-refractivity contribution in [3.05, 3.63) is 40.7 Å². The van der Waals surface area contributed by atoms with Gasteiger partial charge in [0.1, 0.15) is 11.3 Å². The Labute approximate surface area is 134 Å². The molecule has 0 radical (unpaired) electrons. The summed E-state index contributed by atoms with van der Waals surface area (Å²) in [5, 5.41) is 0.229. The molecule has 1 aliphatic rings. The minimum Gasteiger partial charge on any atom is -0.348 e. The van der Waals surface area contributed by atoms with E-state index in [-0.39, 0.29) is 16.0 Å². The molecule has 1 aliphatic heterocycles. The Balaban J connectivity index is 1.87. The summed E-state index contributed by atoms with van der Waals surface area (Å²) in [6, 6.07) is 0. The number of aromatic nitrogens is 5. The zero-order valence-electron chi connectivity index (χ0n) is 11.2. The molecule has 0 aromatic carbocycles. The quantitative estimate of drug-likeness (QED) is 0.504. The van der Waals surface area contributed by atoms with Crippen LogP contribution >= 0.6 is 23.2 Å². The largest absolute Gasteiger partial charge is 0.348 e. The maximum Gasteiger partial charge on any atom is 0.225 e. The number of pyridine rings is 1. The topological polar surface area (TPSA) is 59.7 Å². The van der Waals surface area contributed by atoms with Crippen LogP contribution in [0.2, 0.25) is 10.4 Å². The van der Waals surface area contributed by atoms with Crippen molar-refractivity contribution in [3.63, 3.8) is 0 Å². The second-order valence-electron chi connectivity index (χ2n) is 4.94. The van der Waals surface area contributed by atoms with Crippen LogP contribution in [0.15, 0.2) is 18.7 Å². The van der Waals surface area contributed by atoms with Gasteiger partial charge in [-0.15, -0.1) is 0 Å². The molecule has 4 rings (SSSR count). The first-order valence-electron chi connectivity index (χ1n) is 6.54. The summed E-state index contributed by atoms with van der Waals surface area (Å²) in [6.07, 6.45) is 5.06. The lowest BCUT2D eigenvalue weighted by Gasteiger charge is -2.29. The summed E-state index contributed by atoms with van der Waals surface area (Å²) in [5.41, 5.74) is 1.13. The molecule has 112 valence electrons. The number of anilines is 1. The van der Waals surface area contributed by atoms with E-state index in [0.717, 1.165) is 12.2 Å². The Morgan fingerprint density at radius 2 is 2.00 bits per heavy atom. The van der Waals surface area contributed by atoms with E-state index in [9.17, 15) is 4.39 Å². The Morgan fingerprint density at radius 1 is 1.14 bits per heavy atom. The summed E-state index contributed by atoms with van der Waals surface area (Å²) in [7, 11) is 0. The highest BCUT2D eigenvalue weighted by molar-refractivity contribution is 6.30. The third-order valence-corrected chi connectivity index (χ3v) is 4.09. The van der Waals surface area contributed by atoms with Crippen molar-refractivity contribution in [2.24, 2.45) is 0 Å². The molecule has 3 aromatic heterocycles. The van der Waals surface area contributed by atoms with Crippen molar-refractivity contribution in [3.8, 4) is 0 Å². The Bertz CT molecular complexity index is 880.